The number of hydrazone groups is 1. The molecule has 2 aromatic heterocycles. The van der Waals surface area contributed by atoms with E-state index in [0.717, 1.165) is 11.1 Å². The molecule has 0 unspecified atom stereocenters. The monoisotopic (exact) mass is 307 g/mol. The van der Waals surface area contributed by atoms with Gasteiger partial charge in [-0.1, -0.05) is 30.3 Å². The van der Waals surface area contributed by atoms with Gasteiger partial charge in [0, 0.05) is 18.0 Å². The quantitative estimate of drug-likeness (QED) is 0.557. The summed E-state index contributed by atoms with van der Waals surface area (Å²) in [6, 6.07) is 13.0. The molecule has 3 rings (SSSR count). The number of pyridine rings is 1. The van der Waals surface area contributed by atoms with Crippen molar-refractivity contribution in [1.29, 1.82) is 0 Å². The SMILES string of the molecule is O=C(Cn1nnc(-c2ccccc2)n1)N/N=C\c1ccncc1. The molecule has 8 nitrogen and oxygen atoms in total. The van der Waals surface area contributed by atoms with Crippen molar-refractivity contribution in [2.75, 3.05) is 0 Å². The van der Waals surface area contributed by atoms with Crippen LogP contribution in [0, 0.1) is 0 Å². The van der Waals surface area contributed by atoms with E-state index in [-0.39, 0.29) is 12.5 Å². The Bertz CT molecular complexity index is 799. The van der Waals surface area contributed by atoms with Crippen molar-refractivity contribution in [3.05, 3.63) is 60.4 Å². The Balaban J connectivity index is 1.56. The maximum Gasteiger partial charge on any atom is 0.263 e. The molecule has 3 aromatic rings. The van der Waals surface area contributed by atoms with Gasteiger partial charge in [-0.2, -0.15) is 9.90 Å². The van der Waals surface area contributed by atoms with E-state index in [9.17, 15) is 4.79 Å². The van der Waals surface area contributed by atoms with Gasteiger partial charge in [-0.3, -0.25) is 9.78 Å². The van der Waals surface area contributed by atoms with Crippen molar-refractivity contribution in [2.24, 2.45) is 5.10 Å². The van der Waals surface area contributed by atoms with Crippen molar-refractivity contribution in [2.45, 2.75) is 6.54 Å². The summed E-state index contributed by atoms with van der Waals surface area (Å²) in [5.74, 6) is 0.131. The lowest BCUT2D eigenvalue weighted by atomic mass is 10.2. The van der Waals surface area contributed by atoms with Gasteiger partial charge in [0.15, 0.2) is 0 Å². The first-order valence-corrected chi connectivity index (χ1v) is 6.86. The van der Waals surface area contributed by atoms with Crippen LogP contribution >= 0.6 is 0 Å². The largest absolute Gasteiger partial charge is 0.271 e. The topological polar surface area (TPSA) is 98.0 Å². The molecular formula is C15H13N7O. The average molecular weight is 307 g/mol. The van der Waals surface area contributed by atoms with Gasteiger partial charge < -0.3 is 0 Å². The number of amides is 1. The van der Waals surface area contributed by atoms with Crippen molar-refractivity contribution >= 4 is 12.1 Å². The van der Waals surface area contributed by atoms with Crippen LogP contribution in [0.4, 0.5) is 0 Å². The Hall–Kier alpha value is -3.42. The zero-order chi connectivity index (χ0) is 15.9. The van der Waals surface area contributed by atoms with Gasteiger partial charge in [0.25, 0.3) is 5.91 Å². The molecule has 0 saturated heterocycles. The Kier molecular flexibility index (Phi) is 4.44. The van der Waals surface area contributed by atoms with Crippen LogP contribution in [0.25, 0.3) is 11.4 Å². The van der Waals surface area contributed by atoms with Gasteiger partial charge in [0.1, 0.15) is 6.54 Å². The van der Waals surface area contributed by atoms with Gasteiger partial charge in [0.2, 0.25) is 5.82 Å². The molecule has 0 atom stereocenters. The van der Waals surface area contributed by atoms with Gasteiger partial charge in [-0.05, 0) is 22.9 Å². The molecule has 0 saturated carbocycles. The molecule has 1 N–H and O–H groups in total. The number of hydrogen-bond acceptors (Lipinski definition) is 6. The number of benzene rings is 1. The van der Waals surface area contributed by atoms with E-state index < -0.39 is 0 Å². The highest BCUT2D eigenvalue weighted by Crippen LogP contribution is 2.11. The van der Waals surface area contributed by atoms with Gasteiger partial charge in [-0.15, -0.1) is 10.2 Å². The van der Waals surface area contributed by atoms with E-state index in [1.165, 1.54) is 11.0 Å². The Labute approximate surface area is 131 Å². The molecule has 0 aliphatic rings. The number of hydrogen-bond donors (Lipinski definition) is 1. The van der Waals surface area contributed by atoms with Crippen LogP contribution in [-0.4, -0.2) is 37.3 Å². The third kappa shape index (κ3) is 4.03. The average Bonchev–Trinajstić information content (AvgIpc) is 3.05. The molecule has 0 aliphatic carbocycles. The number of carbonyl (C=O) groups is 1. The van der Waals surface area contributed by atoms with E-state index in [1.807, 2.05) is 30.3 Å². The van der Waals surface area contributed by atoms with Crippen LogP contribution < -0.4 is 5.43 Å². The fourth-order valence-corrected chi connectivity index (χ4v) is 1.81. The van der Waals surface area contributed by atoms with Crippen LogP contribution in [0.3, 0.4) is 0 Å². The summed E-state index contributed by atoms with van der Waals surface area (Å²) in [5, 5.41) is 15.8. The molecule has 1 amide bonds. The van der Waals surface area contributed by atoms with Crippen molar-refractivity contribution in [3.8, 4) is 11.4 Å². The second kappa shape index (κ2) is 7.03. The maximum absolute atomic E-state index is 11.8. The number of rotatable bonds is 5. The predicted molar refractivity (Wildman–Crippen MR) is 83.2 cm³/mol. The standard InChI is InChI=1S/C15H13N7O/c23-14(18-17-10-12-6-8-16-9-7-12)11-22-20-15(19-21-22)13-4-2-1-3-5-13/h1-10H,11H2,(H,18,23)/b17-10-. The first-order valence-electron chi connectivity index (χ1n) is 6.86. The van der Waals surface area contributed by atoms with Crippen molar-refractivity contribution in [3.63, 3.8) is 0 Å². The molecule has 0 radical (unpaired) electrons. The third-order valence-corrected chi connectivity index (χ3v) is 2.88. The summed E-state index contributed by atoms with van der Waals surface area (Å²) in [6.45, 7) is -0.0620. The number of carbonyl (C=O) groups excluding carboxylic acids is 1. The summed E-state index contributed by atoms with van der Waals surface area (Å²) in [4.78, 5) is 16.9. The number of nitrogens with one attached hydrogen (secondary N) is 1. The lowest BCUT2D eigenvalue weighted by Crippen LogP contribution is -2.24. The zero-order valence-electron chi connectivity index (χ0n) is 12.1. The van der Waals surface area contributed by atoms with Gasteiger partial charge >= 0.3 is 0 Å². The molecule has 0 bridgehead atoms. The molecule has 0 aliphatic heterocycles. The minimum Gasteiger partial charge on any atom is -0.271 e. The molecular weight excluding hydrogens is 294 g/mol. The number of tetrazole rings is 1. The maximum atomic E-state index is 11.8. The minimum atomic E-state index is -0.340. The highest BCUT2D eigenvalue weighted by atomic mass is 16.2. The second-order valence-corrected chi connectivity index (χ2v) is 4.58. The fourth-order valence-electron chi connectivity index (χ4n) is 1.81. The minimum absolute atomic E-state index is 0.0620. The van der Waals surface area contributed by atoms with E-state index >= 15 is 0 Å². The molecule has 23 heavy (non-hydrogen) atoms. The number of nitrogens with zero attached hydrogens (tertiary/aromatic N) is 6. The van der Waals surface area contributed by atoms with Crippen LogP contribution in [0.1, 0.15) is 5.56 Å². The van der Waals surface area contributed by atoms with E-state index in [2.05, 4.69) is 30.9 Å². The molecule has 114 valence electrons. The molecule has 8 heteroatoms. The Morgan fingerprint density at radius 3 is 2.74 bits per heavy atom. The Morgan fingerprint density at radius 2 is 1.96 bits per heavy atom. The first-order chi connectivity index (χ1) is 11.3. The molecule has 0 spiro atoms. The first kappa shape index (κ1) is 14.5. The fraction of sp³-hybridized carbons (Fsp3) is 0.0667. The lowest BCUT2D eigenvalue weighted by molar-refractivity contribution is -0.122. The smallest absolute Gasteiger partial charge is 0.263 e. The predicted octanol–water partition coefficient (Wildman–Crippen LogP) is 0.885. The third-order valence-electron chi connectivity index (χ3n) is 2.88. The summed E-state index contributed by atoms with van der Waals surface area (Å²) in [6.07, 6.45) is 4.82. The summed E-state index contributed by atoms with van der Waals surface area (Å²) in [5.41, 5.74) is 4.09. The van der Waals surface area contributed by atoms with Crippen LogP contribution in [0.2, 0.25) is 0 Å². The summed E-state index contributed by atoms with van der Waals surface area (Å²) in [7, 11) is 0. The molecule has 1 aromatic carbocycles. The van der Waals surface area contributed by atoms with E-state index in [4.69, 9.17) is 0 Å². The highest BCUT2D eigenvalue weighted by molar-refractivity contribution is 5.82. The normalized spacial score (nSPS) is 10.8. The van der Waals surface area contributed by atoms with E-state index in [1.54, 1.807) is 24.5 Å². The van der Waals surface area contributed by atoms with Crippen LogP contribution in [-0.2, 0) is 11.3 Å². The van der Waals surface area contributed by atoms with Gasteiger partial charge in [-0.25, -0.2) is 5.43 Å². The number of aromatic nitrogens is 5. The zero-order valence-corrected chi connectivity index (χ0v) is 12.1. The van der Waals surface area contributed by atoms with Crippen molar-refractivity contribution < 1.29 is 4.79 Å². The van der Waals surface area contributed by atoms with Crippen LogP contribution in [0.15, 0.2) is 60.0 Å². The summed E-state index contributed by atoms with van der Waals surface area (Å²) < 4.78 is 0. The second-order valence-electron chi connectivity index (χ2n) is 4.58. The lowest BCUT2D eigenvalue weighted by Gasteiger charge is -1.98. The van der Waals surface area contributed by atoms with E-state index in [0.29, 0.717) is 5.82 Å². The van der Waals surface area contributed by atoms with Crippen molar-refractivity contribution in [1.82, 2.24) is 30.6 Å². The molecule has 0 fully saturated rings. The summed E-state index contributed by atoms with van der Waals surface area (Å²) >= 11 is 0. The molecule has 2 heterocycles. The Morgan fingerprint density at radius 1 is 1.17 bits per heavy atom. The van der Waals surface area contributed by atoms with Crippen LogP contribution in [0.5, 0.6) is 0 Å². The van der Waals surface area contributed by atoms with Gasteiger partial charge in [0.05, 0.1) is 6.21 Å². The highest BCUT2D eigenvalue weighted by Gasteiger charge is 2.08.